The van der Waals surface area contributed by atoms with E-state index < -0.39 is 0 Å². The first-order valence-corrected chi connectivity index (χ1v) is 3.38. The van der Waals surface area contributed by atoms with E-state index in [9.17, 15) is 0 Å². The first-order chi connectivity index (χ1) is 4.72. The van der Waals surface area contributed by atoms with Crippen molar-refractivity contribution < 1.29 is 4.52 Å². The van der Waals surface area contributed by atoms with Crippen molar-refractivity contribution >= 4 is 0 Å². The molecule has 0 amide bonds. The largest absolute Gasteiger partial charge is 0.360 e. The normalized spacial score (nSPS) is 14.0. The van der Waals surface area contributed by atoms with Gasteiger partial charge in [0, 0.05) is 6.07 Å². The summed E-state index contributed by atoms with van der Waals surface area (Å²) >= 11 is 0. The molecule has 0 aliphatic carbocycles. The Bertz CT molecular complexity index is 181. The highest BCUT2D eigenvalue weighted by Gasteiger charge is 2.12. The Morgan fingerprint density at radius 1 is 1.60 bits per heavy atom. The molecule has 0 saturated heterocycles. The molecule has 0 saturated carbocycles. The zero-order chi connectivity index (χ0) is 7.56. The third kappa shape index (κ3) is 1.36. The van der Waals surface area contributed by atoms with Crippen LogP contribution in [0.4, 0.5) is 0 Å². The summed E-state index contributed by atoms with van der Waals surface area (Å²) in [6.07, 6.45) is 1.61. The van der Waals surface area contributed by atoms with Gasteiger partial charge in [0.05, 0.1) is 12.2 Å². The van der Waals surface area contributed by atoms with Gasteiger partial charge < -0.3 is 10.3 Å². The maximum atomic E-state index is 5.75. The second kappa shape index (κ2) is 2.84. The first-order valence-electron chi connectivity index (χ1n) is 3.38. The molecule has 2 N–H and O–H groups in total. The van der Waals surface area contributed by atoms with Gasteiger partial charge in [-0.2, -0.15) is 0 Å². The molecule has 1 atom stereocenters. The lowest BCUT2D eigenvalue weighted by atomic mass is 10.0. The van der Waals surface area contributed by atoms with Gasteiger partial charge in [-0.1, -0.05) is 19.0 Å². The summed E-state index contributed by atoms with van der Waals surface area (Å²) in [6, 6.07) is 1.77. The Morgan fingerprint density at radius 2 is 2.30 bits per heavy atom. The smallest absolute Gasteiger partial charge is 0.153 e. The number of rotatable bonds is 2. The van der Waals surface area contributed by atoms with Crippen LogP contribution in [0.15, 0.2) is 16.8 Å². The number of nitrogens with two attached hydrogens (primary N) is 1. The summed E-state index contributed by atoms with van der Waals surface area (Å²) < 4.78 is 4.88. The van der Waals surface area contributed by atoms with Crippen LogP contribution >= 0.6 is 0 Å². The third-order valence-corrected chi connectivity index (χ3v) is 1.50. The molecule has 1 heterocycles. The second-order valence-corrected chi connectivity index (χ2v) is 2.68. The summed E-state index contributed by atoms with van der Waals surface area (Å²) in [7, 11) is 0. The minimum Gasteiger partial charge on any atom is -0.360 e. The van der Waals surface area contributed by atoms with E-state index in [2.05, 4.69) is 5.16 Å². The summed E-state index contributed by atoms with van der Waals surface area (Å²) in [5.74, 6) is 1.16. The van der Waals surface area contributed by atoms with Gasteiger partial charge >= 0.3 is 0 Å². The van der Waals surface area contributed by atoms with E-state index in [1.807, 2.05) is 13.8 Å². The third-order valence-electron chi connectivity index (χ3n) is 1.50. The molecule has 0 aliphatic rings. The van der Waals surface area contributed by atoms with E-state index in [0.717, 1.165) is 5.76 Å². The van der Waals surface area contributed by atoms with Crippen LogP contribution in [0.1, 0.15) is 25.6 Å². The average molecular weight is 140 g/mol. The highest BCUT2D eigenvalue weighted by molar-refractivity contribution is 5.00. The van der Waals surface area contributed by atoms with Crippen molar-refractivity contribution in [2.75, 3.05) is 0 Å². The monoisotopic (exact) mass is 140 g/mol. The minimum absolute atomic E-state index is 0.0255. The zero-order valence-electron chi connectivity index (χ0n) is 6.24. The molecule has 3 nitrogen and oxygen atoms in total. The van der Waals surface area contributed by atoms with Gasteiger partial charge in [-0.05, 0) is 5.92 Å². The van der Waals surface area contributed by atoms with E-state index in [1.165, 1.54) is 0 Å². The zero-order valence-corrected chi connectivity index (χ0v) is 6.24. The van der Waals surface area contributed by atoms with Crippen molar-refractivity contribution in [3.63, 3.8) is 0 Å². The topological polar surface area (TPSA) is 52.0 Å². The second-order valence-electron chi connectivity index (χ2n) is 2.68. The molecule has 1 rings (SSSR count). The number of hydrogen-bond acceptors (Lipinski definition) is 3. The first kappa shape index (κ1) is 7.28. The number of aromatic nitrogens is 1. The van der Waals surface area contributed by atoms with Crippen LogP contribution in [-0.2, 0) is 0 Å². The van der Waals surface area contributed by atoms with Gasteiger partial charge in [0.1, 0.15) is 0 Å². The van der Waals surface area contributed by atoms with Crippen molar-refractivity contribution in [2.45, 2.75) is 19.9 Å². The molecule has 0 fully saturated rings. The lowest BCUT2D eigenvalue weighted by Crippen LogP contribution is -2.15. The van der Waals surface area contributed by atoms with Gasteiger partial charge in [0.15, 0.2) is 5.76 Å². The molecule has 1 aromatic rings. The van der Waals surface area contributed by atoms with Crippen LogP contribution in [0.2, 0.25) is 0 Å². The van der Waals surface area contributed by atoms with E-state index in [4.69, 9.17) is 10.3 Å². The highest BCUT2D eigenvalue weighted by atomic mass is 16.5. The maximum Gasteiger partial charge on any atom is 0.153 e. The molecule has 1 unspecified atom stereocenters. The molecular weight excluding hydrogens is 128 g/mol. The summed E-state index contributed by atoms with van der Waals surface area (Å²) in [6.45, 7) is 4.10. The van der Waals surface area contributed by atoms with Gasteiger partial charge in [0.25, 0.3) is 0 Å². The minimum atomic E-state index is -0.0255. The van der Waals surface area contributed by atoms with Crippen molar-refractivity contribution in [3.8, 4) is 0 Å². The molecule has 10 heavy (non-hydrogen) atoms. The van der Waals surface area contributed by atoms with Crippen LogP contribution in [-0.4, -0.2) is 5.16 Å². The fourth-order valence-corrected chi connectivity index (χ4v) is 0.726. The Morgan fingerprint density at radius 3 is 2.70 bits per heavy atom. The molecule has 0 aromatic carbocycles. The molecule has 0 radical (unpaired) electrons. The predicted octanol–water partition coefficient (Wildman–Crippen LogP) is 1.33. The van der Waals surface area contributed by atoms with Crippen LogP contribution in [0.5, 0.6) is 0 Å². The Labute approximate surface area is 60.2 Å². The molecule has 0 aliphatic heterocycles. The summed E-state index contributed by atoms with van der Waals surface area (Å²) in [4.78, 5) is 0. The van der Waals surface area contributed by atoms with E-state index in [-0.39, 0.29) is 6.04 Å². The van der Waals surface area contributed by atoms with Crippen LogP contribution in [0.25, 0.3) is 0 Å². The van der Waals surface area contributed by atoms with Gasteiger partial charge in [-0.15, -0.1) is 0 Å². The quantitative estimate of drug-likeness (QED) is 0.674. The summed E-state index contributed by atoms with van der Waals surface area (Å²) in [5.41, 5.74) is 5.75. The Balaban J connectivity index is 2.68. The van der Waals surface area contributed by atoms with Crippen molar-refractivity contribution in [2.24, 2.45) is 11.7 Å². The maximum absolute atomic E-state index is 5.75. The van der Waals surface area contributed by atoms with Crippen molar-refractivity contribution in [1.82, 2.24) is 5.16 Å². The molecule has 56 valence electrons. The number of nitrogens with zero attached hydrogens (tertiary/aromatic N) is 1. The standard InChI is InChI=1S/C7H12N2O/c1-5(2)7(8)6-3-4-9-10-6/h3-5,7H,8H2,1-2H3. The predicted molar refractivity (Wildman–Crippen MR) is 38.3 cm³/mol. The van der Waals surface area contributed by atoms with Crippen LogP contribution in [0.3, 0.4) is 0 Å². The fourth-order valence-electron chi connectivity index (χ4n) is 0.726. The molecular formula is C7H12N2O. The van der Waals surface area contributed by atoms with Gasteiger partial charge in [-0.25, -0.2) is 0 Å². The Kier molecular flexibility index (Phi) is 2.06. The van der Waals surface area contributed by atoms with E-state index >= 15 is 0 Å². The average Bonchev–Trinajstić information content (AvgIpc) is 2.36. The van der Waals surface area contributed by atoms with Crippen LogP contribution < -0.4 is 5.73 Å². The van der Waals surface area contributed by atoms with E-state index in [1.54, 1.807) is 12.3 Å². The lowest BCUT2D eigenvalue weighted by molar-refractivity contribution is 0.332. The van der Waals surface area contributed by atoms with Crippen molar-refractivity contribution in [1.29, 1.82) is 0 Å². The fraction of sp³-hybridized carbons (Fsp3) is 0.571. The van der Waals surface area contributed by atoms with Gasteiger partial charge in [-0.3, -0.25) is 0 Å². The Hall–Kier alpha value is -0.830. The molecule has 1 aromatic heterocycles. The summed E-state index contributed by atoms with van der Waals surface area (Å²) in [5, 5.41) is 3.57. The molecule has 3 heteroatoms. The van der Waals surface area contributed by atoms with Crippen molar-refractivity contribution in [3.05, 3.63) is 18.0 Å². The lowest BCUT2D eigenvalue weighted by Gasteiger charge is -2.10. The molecule has 0 spiro atoms. The van der Waals surface area contributed by atoms with Crippen LogP contribution in [0, 0.1) is 5.92 Å². The van der Waals surface area contributed by atoms with Gasteiger partial charge in [0.2, 0.25) is 0 Å². The molecule has 0 bridgehead atoms. The SMILES string of the molecule is CC(C)C(N)c1ccno1. The number of hydrogen-bond donors (Lipinski definition) is 1. The highest BCUT2D eigenvalue weighted by Crippen LogP contribution is 2.16. The van der Waals surface area contributed by atoms with E-state index in [0.29, 0.717) is 5.92 Å².